The van der Waals surface area contributed by atoms with Crippen molar-refractivity contribution in [2.45, 2.75) is 4.90 Å². The van der Waals surface area contributed by atoms with Crippen molar-refractivity contribution >= 4 is 40.6 Å². The van der Waals surface area contributed by atoms with E-state index in [1.165, 1.54) is 42.1 Å². The minimum absolute atomic E-state index is 0.0156. The monoisotopic (exact) mass is 340 g/mol. The first kappa shape index (κ1) is 16.3. The van der Waals surface area contributed by atoms with Crippen LogP contribution in [-0.2, 0) is 4.79 Å². The molecule has 0 radical (unpaired) electrons. The Morgan fingerprint density at radius 3 is 2.59 bits per heavy atom. The van der Waals surface area contributed by atoms with Gasteiger partial charge >= 0.3 is 0 Å². The Morgan fingerprint density at radius 1 is 1.27 bits per heavy atom. The van der Waals surface area contributed by atoms with Crippen LogP contribution in [0.25, 0.3) is 0 Å². The number of nitro benzene ring substituents is 1. The van der Waals surface area contributed by atoms with Crippen LogP contribution >= 0.6 is 23.4 Å². The predicted octanol–water partition coefficient (Wildman–Crippen LogP) is 4.12. The highest BCUT2D eigenvalue weighted by molar-refractivity contribution is 8.00. The van der Waals surface area contributed by atoms with E-state index in [0.29, 0.717) is 9.92 Å². The number of anilines is 1. The average Bonchev–Trinajstić information content (AvgIpc) is 2.49. The molecule has 0 aliphatic rings. The number of carbonyl (C=O) groups is 1. The van der Waals surface area contributed by atoms with Crippen LogP contribution in [0.4, 0.5) is 15.8 Å². The van der Waals surface area contributed by atoms with Gasteiger partial charge in [0.1, 0.15) is 5.82 Å². The SMILES string of the molecule is O=C(CSc1ccc([N+](=O)[O-])cc1)Nc1cc(Cl)ccc1F. The van der Waals surface area contributed by atoms with Crippen molar-refractivity contribution in [3.8, 4) is 0 Å². The summed E-state index contributed by atoms with van der Waals surface area (Å²) >= 11 is 6.92. The maximum Gasteiger partial charge on any atom is 0.269 e. The summed E-state index contributed by atoms with van der Waals surface area (Å²) in [5, 5.41) is 13.3. The molecule has 0 unspecified atom stereocenters. The summed E-state index contributed by atoms with van der Waals surface area (Å²) in [7, 11) is 0. The summed E-state index contributed by atoms with van der Waals surface area (Å²) in [5.74, 6) is -0.924. The number of nitrogens with one attached hydrogen (secondary N) is 1. The lowest BCUT2D eigenvalue weighted by Gasteiger charge is -2.06. The number of amides is 1. The molecule has 5 nitrogen and oxygen atoms in total. The van der Waals surface area contributed by atoms with Gasteiger partial charge in [-0.2, -0.15) is 0 Å². The highest BCUT2D eigenvalue weighted by atomic mass is 35.5. The number of hydrogen-bond donors (Lipinski definition) is 1. The zero-order valence-electron chi connectivity index (χ0n) is 11.1. The number of carbonyl (C=O) groups excluding carboxylic acids is 1. The zero-order chi connectivity index (χ0) is 16.1. The van der Waals surface area contributed by atoms with Crippen molar-refractivity contribution in [2.75, 3.05) is 11.1 Å². The standard InChI is InChI=1S/C14H10ClFN2O3S/c15-9-1-6-12(16)13(7-9)17-14(19)8-22-11-4-2-10(3-5-11)18(20)21/h1-7H,8H2,(H,17,19). The van der Waals surface area contributed by atoms with Gasteiger partial charge in [-0.25, -0.2) is 4.39 Å². The van der Waals surface area contributed by atoms with Crippen molar-refractivity contribution < 1.29 is 14.1 Å². The van der Waals surface area contributed by atoms with Crippen LogP contribution in [0, 0.1) is 15.9 Å². The van der Waals surface area contributed by atoms with Crippen molar-refractivity contribution in [1.82, 2.24) is 0 Å². The second kappa shape index (κ2) is 7.24. The molecule has 0 heterocycles. The highest BCUT2D eigenvalue weighted by Crippen LogP contribution is 2.23. The number of hydrogen-bond acceptors (Lipinski definition) is 4. The first-order valence-electron chi connectivity index (χ1n) is 6.08. The van der Waals surface area contributed by atoms with Crippen LogP contribution < -0.4 is 5.32 Å². The molecule has 0 spiro atoms. The summed E-state index contributed by atoms with van der Waals surface area (Å²) in [4.78, 5) is 22.5. The molecule has 0 fully saturated rings. The number of rotatable bonds is 5. The zero-order valence-corrected chi connectivity index (χ0v) is 12.7. The van der Waals surface area contributed by atoms with Crippen molar-refractivity contribution in [3.05, 3.63) is 63.4 Å². The fraction of sp³-hybridized carbons (Fsp3) is 0.0714. The first-order valence-corrected chi connectivity index (χ1v) is 7.44. The maximum atomic E-state index is 13.5. The van der Waals surface area contributed by atoms with Crippen LogP contribution in [0.2, 0.25) is 5.02 Å². The molecule has 0 aliphatic heterocycles. The molecule has 1 amide bonds. The van der Waals surface area contributed by atoms with Gasteiger partial charge in [-0.3, -0.25) is 14.9 Å². The normalized spacial score (nSPS) is 10.3. The molecule has 1 N–H and O–H groups in total. The molecule has 22 heavy (non-hydrogen) atoms. The molecule has 0 atom stereocenters. The summed E-state index contributed by atoms with van der Waals surface area (Å²) in [6.07, 6.45) is 0. The minimum atomic E-state index is -0.571. The van der Waals surface area contributed by atoms with Crippen LogP contribution in [0.5, 0.6) is 0 Å². The van der Waals surface area contributed by atoms with Gasteiger partial charge in [0.15, 0.2) is 0 Å². The van der Waals surface area contributed by atoms with Gasteiger partial charge < -0.3 is 5.32 Å². The third kappa shape index (κ3) is 4.44. The van der Waals surface area contributed by atoms with Gasteiger partial charge in [0.05, 0.1) is 16.4 Å². The largest absolute Gasteiger partial charge is 0.323 e. The van der Waals surface area contributed by atoms with E-state index >= 15 is 0 Å². The van der Waals surface area contributed by atoms with Gasteiger partial charge in [0.25, 0.3) is 5.69 Å². The number of nitrogens with zero attached hydrogens (tertiary/aromatic N) is 1. The average molecular weight is 341 g/mol. The molecule has 0 aliphatic carbocycles. The van der Waals surface area contributed by atoms with Gasteiger partial charge in [-0.15, -0.1) is 11.8 Å². The second-order valence-corrected chi connectivity index (χ2v) is 5.70. The lowest BCUT2D eigenvalue weighted by Crippen LogP contribution is -2.15. The maximum absolute atomic E-state index is 13.5. The molecule has 2 aromatic rings. The molecule has 8 heteroatoms. The van der Waals surface area contributed by atoms with Crippen LogP contribution in [-0.4, -0.2) is 16.6 Å². The van der Waals surface area contributed by atoms with E-state index in [2.05, 4.69) is 5.32 Å². The Labute approximate surface area is 134 Å². The highest BCUT2D eigenvalue weighted by Gasteiger charge is 2.09. The molecule has 0 saturated heterocycles. The van der Waals surface area contributed by atoms with Crippen LogP contribution in [0.15, 0.2) is 47.4 Å². The third-order valence-electron chi connectivity index (χ3n) is 2.62. The fourth-order valence-corrected chi connectivity index (χ4v) is 2.46. The Hall–Kier alpha value is -2.12. The van der Waals surface area contributed by atoms with Gasteiger partial charge in [0.2, 0.25) is 5.91 Å². The summed E-state index contributed by atoms with van der Waals surface area (Å²) < 4.78 is 13.5. The van der Waals surface area contributed by atoms with Gasteiger partial charge in [-0.05, 0) is 30.3 Å². The van der Waals surface area contributed by atoms with Crippen LogP contribution in [0.1, 0.15) is 0 Å². The fourth-order valence-electron chi connectivity index (χ4n) is 1.59. The lowest BCUT2D eigenvalue weighted by molar-refractivity contribution is -0.384. The minimum Gasteiger partial charge on any atom is -0.323 e. The molecule has 0 aromatic heterocycles. The molecule has 114 valence electrons. The quantitative estimate of drug-likeness (QED) is 0.505. The molecule has 0 saturated carbocycles. The van der Waals surface area contributed by atoms with E-state index in [-0.39, 0.29) is 17.1 Å². The van der Waals surface area contributed by atoms with E-state index in [9.17, 15) is 19.3 Å². The Morgan fingerprint density at radius 2 is 1.95 bits per heavy atom. The van der Waals surface area contributed by atoms with E-state index in [4.69, 9.17) is 11.6 Å². The van der Waals surface area contributed by atoms with Crippen molar-refractivity contribution in [3.63, 3.8) is 0 Å². The summed E-state index contributed by atoms with van der Waals surface area (Å²) in [6.45, 7) is 0. The van der Waals surface area contributed by atoms with Crippen LogP contribution in [0.3, 0.4) is 0 Å². The van der Waals surface area contributed by atoms with Crippen molar-refractivity contribution in [1.29, 1.82) is 0 Å². The van der Waals surface area contributed by atoms with E-state index < -0.39 is 16.6 Å². The Bertz CT molecular complexity index is 710. The van der Waals surface area contributed by atoms with E-state index in [1.54, 1.807) is 12.1 Å². The number of non-ortho nitro benzene ring substituents is 1. The Kier molecular flexibility index (Phi) is 5.35. The van der Waals surface area contributed by atoms with E-state index in [0.717, 1.165) is 0 Å². The number of thioether (sulfide) groups is 1. The molecule has 0 bridgehead atoms. The number of nitro groups is 1. The molecular formula is C14H10ClFN2O3S. The third-order valence-corrected chi connectivity index (χ3v) is 3.87. The Balaban J connectivity index is 1.92. The predicted molar refractivity (Wildman–Crippen MR) is 83.9 cm³/mol. The van der Waals surface area contributed by atoms with E-state index in [1.807, 2.05) is 0 Å². The lowest BCUT2D eigenvalue weighted by atomic mass is 10.3. The molecular weight excluding hydrogens is 331 g/mol. The topological polar surface area (TPSA) is 72.2 Å². The second-order valence-electron chi connectivity index (χ2n) is 4.21. The number of benzene rings is 2. The van der Waals surface area contributed by atoms with Crippen molar-refractivity contribution in [2.24, 2.45) is 0 Å². The van der Waals surface area contributed by atoms with Gasteiger partial charge in [-0.1, -0.05) is 11.6 Å². The molecule has 2 rings (SSSR count). The first-order chi connectivity index (χ1) is 10.5. The number of halogens is 2. The molecule has 2 aromatic carbocycles. The van der Waals surface area contributed by atoms with Gasteiger partial charge in [0, 0.05) is 22.1 Å². The summed E-state index contributed by atoms with van der Waals surface area (Å²) in [5.41, 5.74) is -0.00315. The smallest absolute Gasteiger partial charge is 0.269 e. The summed E-state index contributed by atoms with van der Waals surface area (Å²) in [6, 6.07) is 9.70.